The number of nitrogens with zero attached hydrogens (tertiary/aromatic N) is 3. The van der Waals surface area contributed by atoms with Crippen LogP contribution in [0.3, 0.4) is 0 Å². The van der Waals surface area contributed by atoms with Crippen molar-refractivity contribution in [1.82, 2.24) is 15.0 Å². The standard InChI is InChI=1S/C52H33N3S/c1-5-17-34(18-6-1)42-33-46-43(39-25-13-15-27-45(39)52(46,37-21-9-3-10-22-37)38-23-11-4-12-24-38)32-44(42)51-54-49(35-19-7-2-8-20-35)53-50(55-51)36-29-30-41-40-26-14-16-28-47(40)56-48(41)31-36/h1-33H. The molecule has 4 heteroatoms. The summed E-state index contributed by atoms with van der Waals surface area (Å²) in [6, 6.07) is 71.7. The summed E-state index contributed by atoms with van der Waals surface area (Å²) < 4.78 is 2.48. The first kappa shape index (κ1) is 32.4. The molecule has 0 aliphatic heterocycles. The van der Waals surface area contributed by atoms with Gasteiger partial charge in [-0.15, -0.1) is 11.3 Å². The quantitative estimate of drug-likeness (QED) is 0.171. The zero-order valence-corrected chi connectivity index (χ0v) is 31.1. The van der Waals surface area contributed by atoms with E-state index in [1.807, 2.05) is 18.2 Å². The largest absolute Gasteiger partial charge is 0.208 e. The fourth-order valence-corrected chi connectivity index (χ4v) is 9.88. The van der Waals surface area contributed by atoms with E-state index in [1.165, 1.54) is 53.6 Å². The van der Waals surface area contributed by atoms with Crippen LogP contribution in [0.4, 0.5) is 0 Å². The van der Waals surface area contributed by atoms with Gasteiger partial charge in [-0.3, -0.25) is 0 Å². The van der Waals surface area contributed by atoms with Gasteiger partial charge in [0, 0.05) is 36.9 Å². The van der Waals surface area contributed by atoms with E-state index in [1.54, 1.807) is 11.3 Å². The van der Waals surface area contributed by atoms with Crippen LogP contribution in [0.15, 0.2) is 200 Å². The minimum absolute atomic E-state index is 0.532. The zero-order chi connectivity index (χ0) is 37.1. The van der Waals surface area contributed by atoms with Crippen molar-refractivity contribution in [2.24, 2.45) is 0 Å². The number of thiophene rings is 1. The number of aromatic nitrogens is 3. The summed E-state index contributed by atoms with van der Waals surface area (Å²) in [5.74, 6) is 1.93. The van der Waals surface area contributed by atoms with Gasteiger partial charge in [0.25, 0.3) is 0 Å². The van der Waals surface area contributed by atoms with Gasteiger partial charge in [-0.05, 0) is 68.8 Å². The van der Waals surface area contributed by atoms with Crippen molar-refractivity contribution in [2.75, 3.05) is 0 Å². The molecule has 0 saturated heterocycles. The zero-order valence-electron chi connectivity index (χ0n) is 30.3. The van der Waals surface area contributed by atoms with Crippen LogP contribution >= 0.6 is 11.3 Å². The second kappa shape index (κ2) is 13.1. The molecule has 2 aromatic heterocycles. The molecule has 0 spiro atoms. The monoisotopic (exact) mass is 731 g/mol. The molecule has 0 atom stereocenters. The fourth-order valence-electron chi connectivity index (χ4n) is 8.74. The molecule has 0 bridgehead atoms. The van der Waals surface area contributed by atoms with Gasteiger partial charge in [0.2, 0.25) is 0 Å². The maximum absolute atomic E-state index is 5.36. The Bertz CT molecular complexity index is 3030. The first-order valence-electron chi connectivity index (χ1n) is 18.9. The normalized spacial score (nSPS) is 12.8. The first-order chi connectivity index (χ1) is 27.8. The van der Waals surface area contributed by atoms with Crippen LogP contribution in [0.5, 0.6) is 0 Å². The van der Waals surface area contributed by atoms with Gasteiger partial charge in [-0.25, -0.2) is 15.0 Å². The average Bonchev–Trinajstić information content (AvgIpc) is 3.80. The van der Waals surface area contributed by atoms with Crippen LogP contribution in [-0.2, 0) is 5.41 Å². The Kier molecular flexibility index (Phi) is 7.58. The Morgan fingerprint density at radius 3 is 1.59 bits per heavy atom. The first-order valence-corrected chi connectivity index (χ1v) is 19.8. The van der Waals surface area contributed by atoms with E-state index in [2.05, 4.69) is 182 Å². The van der Waals surface area contributed by atoms with E-state index < -0.39 is 5.41 Å². The Balaban J connectivity index is 1.21. The predicted molar refractivity (Wildman–Crippen MR) is 232 cm³/mol. The highest BCUT2D eigenvalue weighted by Gasteiger charge is 2.46. The lowest BCUT2D eigenvalue weighted by Gasteiger charge is -2.34. The minimum atomic E-state index is -0.532. The molecule has 0 amide bonds. The van der Waals surface area contributed by atoms with Gasteiger partial charge in [0.15, 0.2) is 17.5 Å². The van der Waals surface area contributed by atoms with Crippen LogP contribution in [0, 0.1) is 0 Å². The fraction of sp³-hybridized carbons (Fsp3) is 0.0192. The minimum Gasteiger partial charge on any atom is -0.208 e. The summed E-state index contributed by atoms with van der Waals surface area (Å²) in [4.78, 5) is 15.8. The van der Waals surface area contributed by atoms with Crippen LogP contribution < -0.4 is 0 Å². The molecule has 262 valence electrons. The molecule has 10 aromatic rings. The Hall–Kier alpha value is -7.01. The molecule has 0 N–H and O–H groups in total. The van der Waals surface area contributed by atoms with E-state index in [0.717, 1.165) is 27.8 Å². The summed E-state index contributed by atoms with van der Waals surface area (Å²) >= 11 is 1.80. The lowest BCUT2D eigenvalue weighted by Crippen LogP contribution is -2.28. The van der Waals surface area contributed by atoms with E-state index in [0.29, 0.717) is 17.5 Å². The van der Waals surface area contributed by atoms with Crippen molar-refractivity contribution in [2.45, 2.75) is 5.41 Å². The number of hydrogen-bond donors (Lipinski definition) is 0. The summed E-state index contributed by atoms with van der Waals surface area (Å²) in [6.45, 7) is 0. The summed E-state index contributed by atoms with van der Waals surface area (Å²) in [7, 11) is 0. The van der Waals surface area contributed by atoms with Crippen LogP contribution in [-0.4, -0.2) is 15.0 Å². The molecule has 0 radical (unpaired) electrons. The van der Waals surface area contributed by atoms with E-state index >= 15 is 0 Å². The second-order valence-electron chi connectivity index (χ2n) is 14.3. The lowest BCUT2D eigenvalue weighted by atomic mass is 9.67. The van der Waals surface area contributed by atoms with Crippen molar-refractivity contribution in [3.05, 3.63) is 222 Å². The van der Waals surface area contributed by atoms with Crippen molar-refractivity contribution < 1.29 is 0 Å². The Morgan fingerprint density at radius 1 is 0.321 bits per heavy atom. The number of benzene rings is 8. The van der Waals surface area contributed by atoms with Gasteiger partial charge < -0.3 is 0 Å². The molecule has 56 heavy (non-hydrogen) atoms. The molecule has 0 saturated carbocycles. The molecule has 0 unspecified atom stereocenters. The van der Waals surface area contributed by atoms with Crippen LogP contribution in [0.25, 0.3) is 76.6 Å². The van der Waals surface area contributed by atoms with Crippen molar-refractivity contribution >= 4 is 31.5 Å². The number of rotatable bonds is 6. The molecule has 1 aliphatic carbocycles. The molecule has 0 fully saturated rings. The highest BCUT2D eigenvalue weighted by atomic mass is 32.1. The average molecular weight is 732 g/mol. The van der Waals surface area contributed by atoms with Gasteiger partial charge >= 0.3 is 0 Å². The van der Waals surface area contributed by atoms with Gasteiger partial charge in [-0.2, -0.15) is 0 Å². The third-order valence-electron chi connectivity index (χ3n) is 11.2. The van der Waals surface area contributed by atoms with Crippen molar-refractivity contribution in [3.8, 4) is 56.4 Å². The maximum atomic E-state index is 5.36. The SMILES string of the molecule is c1ccc(-c2nc(-c3ccc4c(c3)sc3ccccc34)nc(-c3cc4c(cc3-c3ccccc3)C(c3ccccc3)(c3ccccc3)c3ccccc3-4)n2)cc1. The van der Waals surface area contributed by atoms with Crippen molar-refractivity contribution in [3.63, 3.8) is 0 Å². The lowest BCUT2D eigenvalue weighted by molar-refractivity contribution is 0.769. The smallest absolute Gasteiger partial charge is 0.164 e. The Morgan fingerprint density at radius 2 is 0.875 bits per heavy atom. The summed E-state index contributed by atoms with van der Waals surface area (Å²) in [5.41, 5.74) is 11.9. The predicted octanol–water partition coefficient (Wildman–Crippen LogP) is 13.3. The maximum Gasteiger partial charge on any atom is 0.164 e. The second-order valence-corrected chi connectivity index (χ2v) is 15.4. The summed E-state index contributed by atoms with van der Waals surface area (Å²) in [6.07, 6.45) is 0. The number of fused-ring (bicyclic) bond motifs is 6. The third-order valence-corrected chi connectivity index (χ3v) is 12.4. The molecule has 11 rings (SSSR count). The van der Waals surface area contributed by atoms with E-state index in [-0.39, 0.29) is 0 Å². The van der Waals surface area contributed by atoms with Gasteiger partial charge in [-0.1, -0.05) is 176 Å². The topological polar surface area (TPSA) is 38.7 Å². The molecule has 1 aliphatic rings. The molecular weight excluding hydrogens is 699 g/mol. The van der Waals surface area contributed by atoms with Gasteiger partial charge in [0.05, 0.1) is 5.41 Å². The molecule has 8 aromatic carbocycles. The molecule has 3 nitrogen and oxygen atoms in total. The van der Waals surface area contributed by atoms with Crippen LogP contribution in [0.1, 0.15) is 22.3 Å². The van der Waals surface area contributed by atoms with Crippen LogP contribution in [0.2, 0.25) is 0 Å². The Labute approximate surface area is 329 Å². The molecular formula is C52H33N3S. The third kappa shape index (κ3) is 5.07. The van der Waals surface area contributed by atoms with Crippen molar-refractivity contribution in [1.29, 1.82) is 0 Å². The highest BCUT2D eigenvalue weighted by Crippen LogP contribution is 2.58. The van der Waals surface area contributed by atoms with E-state index in [4.69, 9.17) is 15.0 Å². The molecule has 2 heterocycles. The number of hydrogen-bond acceptors (Lipinski definition) is 4. The summed E-state index contributed by atoms with van der Waals surface area (Å²) in [5, 5.41) is 2.52. The van der Waals surface area contributed by atoms with E-state index in [9.17, 15) is 0 Å². The highest BCUT2D eigenvalue weighted by molar-refractivity contribution is 7.25. The van der Waals surface area contributed by atoms with Gasteiger partial charge in [0.1, 0.15) is 0 Å².